The summed E-state index contributed by atoms with van der Waals surface area (Å²) < 4.78 is 91.3. The summed E-state index contributed by atoms with van der Waals surface area (Å²) >= 11 is 0. The van der Waals surface area contributed by atoms with E-state index in [2.05, 4.69) is 4.72 Å². The summed E-state index contributed by atoms with van der Waals surface area (Å²) in [7, 11) is -2.36. The van der Waals surface area contributed by atoms with Crippen molar-refractivity contribution in [2.24, 2.45) is 0 Å². The predicted molar refractivity (Wildman–Crippen MR) is 116 cm³/mol. The van der Waals surface area contributed by atoms with Crippen LogP contribution in [0.25, 0.3) is 0 Å². The zero-order valence-electron chi connectivity index (χ0n) is 17.8. The van der Waals surface area contributed by atoms with Gasteiger partial charge in [-0.2, -0.15) is 13.2 Å². The number of alkyl halides is 4. The van der Waals surface area contributed by atoms with E-state index >= 15 is 4.39 Å². The molecule has 3 rings (SSSR count). The monoisotopic (exact) mass is 497 g/mol. The number of hydrogen-bond donors (Lipinski definition) is 1. The third kappa shape index (κ3) is 5.68. The Kier molecular flexibility index (Phi) is 7.83. The van der Waals surface area contributed by atoms with Gasteiger partial charge in [-0.25, -0.2) is 22.5 Å². The molecule has 0 amide bonds. The van der Waals surface area contributed by atoms with Crippen LogP contribution in [0, 0.1) is 12.7 Å². The molecule has 0 heterocycles. The smallest absolute Gasteiger partial charge is 0.435 e. The van der Waals surface area contributed by atoms with Crippen molar-refractivity contribution in [3.8, 4) is 0 Å². The van der Waals surface area contributed by atoms with Gasteiger partial charge in [-0.3, -0.25) is 0 Å². The van der Waals surface area contributed by atoms with Crippen LogP contribution >= 0.6 is 0 Å². The maximum atomic E-state index is 15.9. The highest BCUT2D eigenvalue weighted by atomic mass is 32.2. The topological polar surface area (TPSA) is 55.4 Å². The lowest BCUT2D eigenvalue weighted by atomic mass is 9.90. The number of nitrogens with one attached hydrogen (secondary N) is 1. The molecule has 0 aliphatic rings. The largest absolute Gasteiger partial charge is 0.458 e. The average molecular weight is 497 g/mol. The van der Waals surface area contributed by atoms with Gasteiger partial charge < -0.3 is 4.74 Å². The van der Waals surface area contributed by atoms with Crippen molar-refractivity contribution >= 4 is 17.0 Å². The first-order valence-electron chi connectivity index (χ1n) is 9.99. The first-order chi connectivity index (χ1) is 16.0. The lowest BCUT2D eigenvalue weighted by molar-refractivity contribution is -0.247. The Morgan fingerprint density at radius 1 is 0.941 bits per heavy atom. The molecule has 34 heavy (non-hydrogen) atoms. The molecule has 0 spiro atoms. The Morgan fingerprint density at radius 3 is 2.09 bits per heavy atom. The summed E-state index contributed by atoms with van der Waals surface area (Å²) in [6, 6.07) is 14.6. The van der Waals surface area contributed by atoms with Crippen LogP contribution in [0.2, 0.25) is 0 Å². The van der Waals surface area contributed by atoms with Crippen molar-refractivity contribution < 1.29 is 35.7 Å². The minimum Gasteiger partial charge on any atom is -0.458 e. The number of rotatable bonds is 8. The van der Waals surface area contributed by atoms with Crippen LogP contribution in [-0.2, 0) is 27.1 Å². The average Bonchev–Trinajstić information content (AvgIpc) is 2.81. The molecular formula is C24H20F5NO3S. The maximum Gasteiger partial charge on any atom is 0.435 e. The first-order valence-corrected chi connectivity index (χ1v) is 11.1. The maximum absolute atomic E-state index is 15.9. The van der Waals surface area contributed by atoms with Gasteiger partial charge >= 0.3 is 17.8 Å². The van der Waals surface area contributed by atoms with Crippen LogP contribution in [0.15, 0.2) is 83.8 Å². The molecule has 0 aliphatic heterocycles. The van der Waals surface area contributed by atoms with Gasteiger partial charge in [0.15, 0.2) is 0 Å². The SMILES string of the molecule is Cc1ccc(S(=O)NC(c2ccc(F)cc2)C(F)(C(=O)OCc2ccccc2)C(F)(F)F)cc1. The fraction of sp³-hybridized carbons (Fsp3) is 0.208. The van der Waals surface area contributed by atoms with Crippen molar-refractivity contribution in [3.63, 3.8) is 0 Å². The van der Waals surface area contributed by atoms with Gasteiger partial charge in [0.25, 0.3) is 0 Å². The zero-order chi connectivity index (χ0) is 24.9. The standard InChI is InChI=1S/C24H20F5NO3S/c1-16-7-13-20(14-8-16)34(32)30-21(18-9-11-19(25)12-10-18)23(26,24(27,28)29)22(31)33-15-17-5-3-2-4-6-17/h2-14,21,30H,15H2,1H3. The Morgan fingerprint density at radius 2 is 1.53 bits per heavy atom. The number of carbonyl (C=O) groups excluding carboxylic acids is 1. The summed E-state index contributed by atoms with van der Waals surface area (Å²) in [5.74, 6) is -3.00. The number of halogens is 5. The van der Waals surface area contributed by atoms with E-state index in [0.717, 1.165) is 29.8 Å². The molecule has 3 aromatic rings. The molecule has 180 valence electrons. The van der Waals surface area contributed by atoms with Crippen molar-refractivity contribution in [1.29, 1.82) is 0 Å². The fourth-order valence-corrected chi connectivity index (χ4v) is 4.13. The van der Waals surface area contributed by atoms with Gasteiger partial charge in [0, 0.05) is 0 Å². The summed E-state index contributed by atoms with van der Waals surface area (Å²) in [6.07, 6.45) is -5.76. The van der Waals surface area contributed by atoms with Crippen LogP contribution in [-0.4, -0.2) is 22.0 Å². The first kappa shape index (κ1) is 25.5. The Labute approximate surface area is 195 Å². The molecular weight excluding hydrogens is 477 g/mol. The fourth-order valence-electron chi connectivity index (χ4n) is 3.10. The molecule has 3 unspecified atom stereocenters. The van der Waals surface area contributed by atoms with E-state index in [0.29, 0.717) is 5.56 Å². The number of hydrogen-bond acceptors (Lipinski definition) is 3. The van der Waals surface area contributed by atoms with Crippen LogP contribution in [0.3, 0.4) is 0 Å². The van der Waals surface area contributed by atoms with Gasteiger partial charge in [-0.1, -0.05) is 60.2 Å². The molecule has 0 saturated heterocycles. The molecule has 0 bridgehead atoms. The van der Waals surface area contributed by atoms with Crippen LogP contribution in [0.1, 0.15) is 22.7 Å². The van der Waals surface area contributed by atoms with Crippen LogP contribution in [0.4, 0.5) is 22.0 Å². The summed E-state index contributed by atoms with van der Waals surface area (Å²) in [6.45, 7) is 1.14. The summed E-state index contributed by atoms with van der Waals surface area (Å²) in [4.78, 5) is 12.7. The summed E-state index contributed by atoms with van der Waals surface area (Å²) in [5, 5.41) is 0. The number of ether oxygens (including phenoxy) is 1. The number of aryl methyl sites for hydroxylation is 1. The quantitative estimate of drug-likeness (QED) is 0.330. The highest BCUT2D eigenvalue weighted by molar-refractivity contribution is 7.83. The highest BCUT2D eigenvalue weighted by Crippen LogP contribution is 2.45. The van der Waals surface area contributed by atoms with Crippen molar-refractivity contribution in [2.45, 2.75) is 36.3 Å². The van der Waals surface area contributed by atoms with E-state index in [1.54, 1.807) is 37.3 Å². The van der Waals surface area contributed by atoms with Crippen LogP contribution < -0.4 is 4.72 Å². The lowest BCUT2D eigenvalue weighted by Crippen LogP contribution is -2.57. The van der Waals surface area contributed by atoms with E-state index in [1.807, 2.05) is 0 Å². The number of carbonyl (C=O) groups is 1. The van der Waals surface area contributed by atoms with Crippen LogP contribution in [0.5, 0.6) is 0 Å². The highest BCUT2D eigenvalue weighted by Gasteiger charge is 2.68. The van der Waals surface area contributed by atoms with E-state index in [9.17, 15) is 26.6 Å². The van der Waals surface area contributed by atoms with E-state index in [-0.39, 0.29) is 4.90 Å². The second kappa shape index (κ2) is 10.4. The van der Waals surface area contributed by atoms with Gasteiger partial charge in [0.05, 0.1) is 10.9 Å². The minimum absolute atomic E-state index is 0.0555. The van der Waals surface area contributed by atoms with Gasteiger partial charge in [0.2, 0.25) is 0 Å². The Hall–Kier alpha value is -3.11. The Bertz CT molecular complexity index is 1140. The normalized spacial score (nSPS) is 15.2. The molecule has 0 aromatic heterocycles. The molecule has 3 aromatic carbocycles. The summed E-state index contributed by atoms with van der Waals surface area (Å²) in [5.41, 5.74) is -3.94. The van der Waals surface area contributed by atoms with Gasteiger partial charge in [0.1, 0.15) is 23.4 Å². The molecule has 0 fully saturated rings. The van der Waals surface area contributed by atoms with Gasteiger partial charge in [-0.05, 0) is 42.3 Å². The second-order valence-electron chi connectivity index (χ2n) is 7.46. The second-order valence-corrected chi connectivity index (χ2v) is 8.70. The minimum atomic E-state index is -5.76. The van der Waals surface area contributed by atoms with E-state index < -0.39 is 52.8 Å². The molecule has 10 heteroatoms. The Balaban J connectivity index is 2.00. The molecule has 3 atom stereocenters. The molecule has 0 aliphatic carbocycles. The number of esters is 1. The van der Waals surface area contributed by atoms with Crippen molar-refractivity contribution in [1.82, 2.24) is 4.72 Å². The molecule has 0 saturated carbocycles. The molecule has 4 nitrogen and oxygen atoms in total. The number of benzene rings is 3. The van der Waals surface area contributed by atoms with Crippen molar-refractivity contribution in [2.75, 3.05) is 0 Å². The van der Waals surface area contributed by atoms with E-state index in [4.69, 9.17) is 4.74 Å². The zero-order valence-corrected chi connectivity index (χ0v) is 18.6. The van der Waals surface area contributed by atoms with Crippen molar-refractivity contribution in [3.05, 3.63) is 101 Å². The molecule has 1 N–H and O–H groups in total. The lowest BCUT2D eigenvalue weighted by Gasteiger charge is -2.33. The predicted octanol–water partition coefficient (Wildman–Crippen LogP) is 5.50. The van der Waals surface area contributed by atoms with E-state index in [1.165, 1.54) is 24.3 Å². The third-order valence-corrected chi connectivity index (χ3v) is 6.13. The van der Waals surface area contributed by atoms with Gasteiger partial charge in [-0.15, -0.1) is 0 Å². The molecule has 0 radical (unpaired) electrons. The third-order valence-electron chi connectivity index (χ3n) is 4.98.